The van der Waals surface area contributed by atoms with Crippen LogP contribution >= 0.6 is 0 Å². The second-order valence-corrected chi connectivity index (χ2v) is 4.95. The molecule has 1 atom stereocenters. The minimum absolute atomic E-state index is 0.0130. The number of hydrogen-bond donors (Lipinski definition) is 0. The summed E-state index contributed by atoms with van der Waals surface area (Å²) in [5, 5.41) is 0. The van der Waals surface area contributed by atoms with Crippen LogP contribution in [0.2, 0.25) is 0 Å². The molecule has 0 aromatic heterocycles. The number of carbonyl (C=O) groups excluding carboxylic acids is 2. The van der Waals surface area contributed by atoms with Crippen molar-refractivity contribution in [2.75, 3.05) is 6.54 Å². The molecule has 18 heavy (non-hydrogen) atoms. The lowest BCUT2D eigenvalue weighted by Crippen LogP contribution is -2.37. The zero-order valence-corrected chi connectivity index (χ0v) is 10.8. The van der Waals surface area contributed by atoms with Gasteiger partial charge in [0.25, 0.3) is 0 Å². The average Bonchev–Trinajstić information content (AvgIpc) is 2.77. The summed E-state index contributed by atoms with van der Waals surface area (Å²) < 4.78 is 0. The topological polar surface area (TPSA) is 37.4 Å². The van der Waals surface area contributed by atoms with E-state index in [1.165, 1.54) is 12.5 Å². The van der Waals surface area contributed by atoms with Crippen LogP contribution in [0.25, 0.3) is 0 Å². The first kappa shape index (κ1) is 12.8. The van der Waals surface area contributed by atoms with Gasteiger partial charge >= 0.3 is 0 Å². The van der Waals surface area contributed by atoms with Gasteiger partial charge in [0.2, 0.25) is 5.91 Å². The Balaban J connectivity index is 1.99. The molecule has 1 amide bonds. The average molecular weight is 245 g/mol. The summed E-state index contributed by atoms with van der Waals surface area (Å²) in [6.07, 6.45) is 3.02. The van der Waals surface area contributed by atoms with Gasteiger partial charge in [-0.3, -0.25) is 9.59 Å². The first-order valence-corrected chi connectivity index (χ1v) is 6.49. The molecule has 0 N–H and O–H groups in total. The molecule has 3 heteroatoms. The van der Waals surface area contributed by atoms with Gasteiger partial charge in [-0.15, -0.1) is 0 Å². The van der Waals surface area contributed by atoms with Gasteiger partial charge in [0.05, 0.1) is 6.42 Å². The molecule has 1 aliphatic rings. The zero-order chi connectivity index (χ0) is 13.0. The molecule has 1 aromatic carbocycles. The van der Waals surface area contributed by atoms with Crippen molar-refractivity contribution in [2.24, 2.45) is 0 Å². The minimum atomic E-state index is -0.0506. The van der Waals surface area contributed by atoms with Crippen molar-refractivity contribution in [3.05, 3.63) is 35.9 Å². The molecule has 1 heterocycles. The highest BCUT2D eigenvalue weighted by Crippen LogP contribution is 2.22. The zero-order valence-electron chi connectivity index (χ0n) is 10.8. The molecule has 0 aliphatic carbocycles. The summed E-state index contributed by atoms with van der Waals surface area (Å²) in [4.78, 5) is 24.9. The predicted molar refractivity (Wildman–Crippen MR) is 70.2 cm³/mol. The van der Waals surface area contributed by atoms with E-state index in [2.05, 4.69) is 12.1 Å². The maximum Gasteiger partial charge on any atom is 0.230 e. The third-order valence-corrected chi connectivity index (χ3v) is 3.41. The number of Topliss-reactive ketones (excluding diaryl/α,β-unsaturated/α-hetero) is 1. The Labute approximate surface area is 108 Å². The molecule has 0 bridgehead atoms. The van der Waals surface area contributed by atoms with Crippen LogP contribution in [-0.2, 0) is 16.0 Å². The van der Waals surface area contributed by atoms with Crippen LogP contribution in [0.3, 0.4) is 0 Å². The third-order valence-electron chi connectivity index (χ3n) is 3.41. The predicted octanol–water partition coefficient (Wildman–Crippen LogP) is 2.20. The SMILES string of the molecule is CC(=O)CC(=O)N1CCCC1Cc1ccccc1. The number of amides is 1. The summed E-state index contributed by atoms with van der Waals surface area (Å²) in [6.45, 7) is 2.27. The van der Waals surface area contributed by atoms with Gasteiger partial charge in [0.1, 0.15) is 5.78 Å². The van der Waals surface area contributed by atoms with Crippen molar-refractivity contribution in [2.45, 2.75) is 38.6 Å². The minimum Gasteiger partial charge on any atom is -0.339 e. The van der Waals surface area contributed by atoms with Crippen LogP contribution in [0.15, 0.2) is 30.3 Å². The van der Waals surface area contributed by atoms with Gasteiger partial charge in [-0.2, -0.15) is 0 Å². The molecule has 1 aromatic rings. The van der Waals surface area contributed by atoms with Crippen molar-refractivity contribution >= 4 is 11.7 Å². The number of rotatable bonds is 4. The molecule has 1 saturated heterocycles. The van der Waals surface area contributed by atoms with E-state index >= 15 is 0 Å². The highest BCUT2D eigenvalue weighted by molar-refractivity contribution is 5.97. The molecule has 0 spiro atoms. The Kier molecular flexibility index (Phi) is 4.13. The molecule has 2 rings (SSSR count). The van der Waals surface area contributed by atoms with Gasteiger partial charge in [0.15, 0.2) is 0 Å². The van der Waals surface area contributed by atoms with Gasteiger partial charge in [-0.1, -0.05) is 30.3 Å². The van der Waals surface area contributed by atoms with Gasteiger partial charge in [-0.05, 0) is 31.7 Å². The van der Waals surface area contributed by atoms with Gasteiger partial charge < -0.3 is 4.90 Å². The Hall–Kier alpha value is -1.64. The first-order valence-electron chi connectivity index (χ1n) is 6.49. The molecule has 0 saturated carbocycles. The summed E-state index contributed by atoms with van der Waals surface area (Å²) in [7, 11) is 0. The largest absolute Gasteiger partial charge is 0.339 e. The number of hydrogen-bond acceptors (Lipinski definition) is 2. The van der Waals surface area contributed by atoms with Gasteiger partial charge in [-0.25, -0.2) is 0 Å². The van der Waals surface area contributed by atoms with E-state index in [0.29, 0.717) is 0 Å². The van der Waals surface area contributed by atoms with Crippen molar-refractivity contribution in [3.8, 4) is 0 Å². The molecule has 1 aliphatic heterocycles. The number of carbonyl (C=O) groups is 2. The molecular formula is C15H19NO2. The van der Waals surface area contributed by atoms with E-state index in [9.17, 15) is 9.59 Å². The summed E-state index contributed by atoms with van der Waals surface area (Å²) in [5.74, 6) is -0.0636. The smallest absolute Gasteiger partial charge is 0.230 e. The second kappa shape index (κ2) is 5.80. The lowest BCUT2D eigenvalue weighted by atomic mass is 10.0. The maximum atomic E-state index is 12.0. The number of likely N-dealkylation sites (tertiary alicyclic amines) is 1. The first-order chi connectivity index (χ1) is 8.66. The normalized spacial score (nSPS) is 18.9. The molecule has 1 fully saturated rings. The molecule has 1 unspecified atom stereocenters. The Morgan fingerprint density at radius 1 is 1.28 bits per heavy atom. The third kappa shape index (κ3) is 3.19. The lowest BCUT2D eigenvalue weighted by Gasteiger charge is -2.24. The highest BCUT2D eigenvalue weighted by atomic mass is 16.2. The van der Waals surface area contributed by atoms with Crippen LogP contribution in [0.5, 0.6) is 0 Å². The summed E-state index contributed by atoms with van der Waals surface area (Å²) in [6, 6.07) is 10.5. The van der Waals surface area contributed by atoms with Crippen LogP contribution in [-0.4, -0.2) is 29.2 Å². The fourth-order valence-electron chi connectivity index (χ4n) is 2.58. The van der Waals surface area contributed by atoms with Gasteiger partial charge in [0, 0.05) is 12.6 Å². The maximum absolute atomic E-state index is 12.0. The fourth-order valence-corrected chi connectivity index (χ4v) is 2.58. The Morgan fingerprint density at radius 2 is 2.00 bits per heavy atom. The second-order valence-electron chi connectivity index (χ2n) is 4.95. The molecule has 3 nitrogen and oxygen atoms in total. The van der Waals surface area contributed by atoms with E-state index in [4.69, 9.17) is 0 Å². The number of nitrogens with zero attached hydrogens (tertiary/aromatic N) is 1. The lowest BCUT2D eigenvalue weighted by molar-refractivity contribution is -0.135. The highest BCUT2D eigenvalue weighted by Gasteiger charge is 2.28. The monoisotopic (exact) mass is 245 g/mol. The van der Waals surface area contributed by atoms with Crippen LogP contribution < -0.4 is 0 Å². The van der Waals surface area contributed by atoms with Crippen molar-refractivity contribution in [3.63, 3.8) is 0 Å². The van der Waals surface area contributed by atoms with E-state index in [-0.39, 0.29) is 24.2 Å². The number of benzene rings is 1. The van der Waals surface area contributed by atoms with Crippen molar-refractivity contribution < 1.29 is 9.59 Å². The van der Waals surface area contributed by atoms with E-state index in [0.717, 1.165) is 25.8 Å². The van der Waals surface area contributed by atoms with Crippen molar-refractivity contribution in [1.82, 2.24) is 4.90 Å². The van der Waals surface area contributed by atoms with E-state index in [1.807, 2.05) is 23.1 Å². The summed E-state index contributed by atoms with van der Waals surface area (Å²) >= 11 is 0. The quantitative estimate of drug-likeness (QED) is 0.763. The molecule has 0 radical (unpaired) electrons. The Morgan fingerprint density at radius 3 is 2.67 bits per heavy atom. The van der Waals surface area contributed by atoms with Crippen molar-refractivity contribution in [1.29, 1.82) is 0 Å². The van der Waals surface area contributed by atoms with Crippen LogP contribution in [0.1, 0.15) is 31.7 Å². The molecular weight excluding hydrogens is 226 g/mol. The standard InChI is InChI=1S/C15H19NO2/c1-12(17)10-15(18)16-9-5-8-14(16)11-13-6-3-2-4-7-13/h2-4,6-7,14H,5,8-11H2,1H3. The fraction of sp³-hybridized carbons (Fsp3) is 0.467. The number of ketones is 1. The van der Waals surface area contributed by atoms with Crippen LogP contribution in [0, 0.1) is 0 Å². The molecule has 96 valence electrons. The summed E-state index contributed by atoms with van der Waals surface area (Å²) in [5.41, 5.74) is 1.25. The van der Waals surface area contributed by atoms with Crippen LogP contribution in [0.4, 0.5) is 0 Å². The Bertz CT molecular complexity index is 427. The van der Waals surface area contributed by atoms with E-state index < -0.39 is 0 Å². The van der Waals surface area contributed by atoms with E-state index in [1.54, 1.807) is 0 Å².